The van der Waals surface area contributed by atoms with E-state index in [0.717, 1.165) is 77.0 Å². The lowest BCUT2D eigenvalue weighted by molar-refractivity contribution is 0.00856. The van der Waals surface area contributed by atoms with E-state index in [0.29, 0.717) is 51.4 Å². The van der Waals surface area contributed by atoms with Crippen molar-refractivity contribution in [2.45, 2.75) is 336 Å². The number of benzene rings is 4. The molecule has 0 heterocycles. The van der Waals surface area contributed by atoms with Crippen LogP contribution in [0.4, 0.5) is 19.2 Å². The maximum Gasteiger partial charge on any atom is 0.410 e. The van der Waals surface area contributed by atoms with Gasteiger partial charge in [0.1, 0.15) is 68.4 Å². The summed E-state index contributed by atoms with van der Waals surface area (Å²) in [7, 11) is 0. The van der Waals surface area contributed by atoms with Crippen LogP contribution in [0.5, 0.6) is 46.0 Å². The van der Waals surface area contributed by atoms with Gasteiger partial charge in [0.05, 0.1) is 48.4 Å². The van der Waals surface area contributed by atoms with Gasteiger partial charge < -0.3 is 79.4 Å². The van der Waals surface area contributed by atoms with Crippen LogP contribution < -0.4 is 0 Å². The number of phenolic OH excluding ortho intramolecular Hbond substituents is 8. The number of phenols is 8. The minimum absolute atomic E-state index is 0.0595. The third-order valence-electron chi connectivity index (χ3n) is 21.3. The molecule has 4 saturated carbocycles. The van der Waals surface area contributed by atoms with Crippen LogP contribution in [0, 0.1) is 0 Å². The molecule has 100 heavy (non-hydrogen) atoms. The normalized spacial score (nSPS) is 20.1. The summed E-state index contributed by atoms with van der Waals surface area (Å²) in [4.78, 5) is 65.1. The van der Waals surface area contributed by atoms with Crippen LogP contribution in [0.15, 0.2) is 24.3 Å². The molecular formula is C80H116N4O16. The molecule has 9 rings (SSSR count). The molecule has 0 spiro atoms. The van der Waals surface area contributed by atoms with Gasteiger partial charge in [-0.2, -0.15) is 0 Å². The number of aromatic hydroxyl groups is 8. The van der Waals surface area contributed by atoms with Crippen molar-refractivity contribution in [2.75, 3.05) is 0 Å². The highest BCUT2D eigenvalue weighted by Crippen LogP contribution is 2.55. The fourth-order valence-corrected chi connectivity index (χ4v) is 15.9. The largest absolute Gasteiger partial charge is 0.507 e. The Balaban J connectivity index is 1.39. The molecule has 0 aromatic heterocycles. The van der Waals surface area contributed by atoms with E-state index in [-0.39, 0.29) is 117 Å². The van der Waals surface area contributed by atoms with Gasteiger partial charge in [-0.3, -0.25) is 0 Å². The molecule has 4 aromatic rings. The van der Waals surface area contributed by atoms with Crippen LogP contribution in [0.1, 0.15) is 330 Å². The third kappa shape index (κ3) is 17.3. The molecule has 552 valence electrons. The molecule has 0 unspecified atom stereocenters. The number of carbonyl (C=O) groups is 4. The number of amides is 4. The lowest BCUT2D eigenvalue weighted by Gasteiger charge is -2.37. The maximum absolute atomic E-state index is 14.7. The summed E-state index contributed by atoms with van der Waals surface area (Å²) in [5.41, 5.74) is -2.76. The second-order valence-corrected chi connectivity index (χ2v) is 33.4. The number of ether oxygens (including phenoxy) is 4. The highest BCUT2D eigenvalue weighted by molar-refractivity contribution is 5.74. The molecule has 0 atom stereocenters. The minimum Gasteiger partial charge on any atom is -0.507 e. The first-order valence-electron chi connectivity index (χ1n) is 37.0. The van der Waals surface area contributed by atoms with Gasteiger partial charge in [-0.15, -0.1) is 0 Å². The summed E-state index contributed by atoms with van der Waals surface area (Å²) in [5, 5.41) is 106. The molecule has 0 radical (unpaired) electrons. The second kappa shape index (κ2) is 30.5. The van der Waals surface area contributed by atoms with Crippen molar-refractivity contribution in [2.24, 2.45) is 0 Å². The average molecular weight is 1390 g/mol. The SMILES string of the molecule is CC1c2cc(c(O)c(CN(C(=O)OC(C)(C)C)C3CCCCC3)c2O)C(C)c2cc(c(O)c(CN(C(=O)OC(C)(C)C)C3CCCCC3)c2O)C(C)c2cc(c(O)c(CN(C(=O)OC(C)(C)C)C3CCCCC3)c2O)C(C)c2cc1c(O)c(CN(C(=O)OC(C)(C)C)C1CCCCC1)c2O. The summed E-state index contributed by atoms with van der Waals surface area (Å²) >= 11 is 0. The molecule has 8 bridgehead atoms. The van der Waals surface area contributed by atoms with Crippen LogP contribution >= 0.6 is 0 Å². The Bertz CT molecular complexity index is 3040. The van der Waals surface area contributed by atoms with E-state index in [1.54, 1.807) is 155 Å². The number of hydrogen-bond donors (Lipinski definition) is 8. The summed E-state index contributed by atoms with van der Waals surface area (Å²) in [6.45, 7) is 26.8. The van der Waals surface area contributed by atoms with Crippen molar-refractivity contribution in [3.05, 3.63) is 91.0 Å². The Morgan fingerprint density at radius 2 is 0.430 bits per heavy atom. The van der Waals surface area contributed by atoms with Crippen LogP contribution in [-0.2, 0) is 45.1 Å². The fourth-order valence-electron chi connectivity index (χ4n) is 15.9. The monoisotopic (exact) mass is 1390 g/mol. The lowest BCUT2D eigenvalue weighted by Crippen LogP contribution is -2.44. The van der Waals surface area contributed by atoms with E-state index in [1.165, 1.54) is 0 Å². The van der Waals surface area contributed by atoms with Crippen LogP contribution in [0.25, 0.3) is 0 Å². The van der Waals surface area contributed by atoms with Gasteiger partial charge in [-0.1, -0.05) is 105 Å². The molecular weight excluding hydrogens is 1270 g/mol. The van der Waals surface area contributed by atoms with Crippen molar-refractivity contribution >= 4 is 24.4 Å². The average Bonchev–Trinajstić information content (AvgIpc) is 0.742. The molecule has 8 N–H and O–H groups in total. The van der Waals surface area contributed by atoms with Gasteiger partial charge in [-0.05, 0) is 159 Å². The van der Waals surface area contributed by atoms with Crippen molar-refractivity contribution in [3.63, 3.8) is 0 Å². The molecule has 5 aliphatic carbocycles. The first kappa shape index (κ1) is 76.5. The summed E-state index contributed by atoms with van der Waals surface area (Å²) in [6, 6.07) is 4.94. The standard InChI is InChI=1S/C80H116N4O16/c1-45-53-37-55(67(87)61(65(53)85)41-81(49-29-21-17-22-30-49)73(93)97-77(5,6)7)46(2)57-39-59(71(91)63(69(57)89)43-83(51-33-25-19-26-34-51)75(95)99-79(11,12)13)48(4)60-40-58(70(90)64(72(60)92)44-84(52-35-27-20-28-36-52)76(96)100-80(14,15)16)47(3)56-38-54(45)66(86)62(68(56)88)42-82(50-31-23-18-24-32-50)74(94)98-78(8,9)10/h37-40,45-52,85-92H,17-36,41-44H2,1-16H3. The zero-order valence-corrected chi connectivity index (χ0v) is 62.5. The molecule has 0 saturated heterocycles. The highest BCUT2D eigenvalue weighted by Gasteiger charge is 2.42. The first-order valence-corrected chi connectivity index (χ1v) is 37.0. The van der Waals surface area contributed by atoms with E-state index in [4.69, 9.17) is 18.9 Å². The fraction of sp³-hybridized carbons (Fsp3) is 0.650. The summed E-state index contributed by atoms with van der Waals surface area (Å²) in [6.07, 6.45) is 12.7. The number of hydrogen-bond acceptors (Lipinski definition) is 16. The molecule has 4 amide bonds. The molecule has 20 heteroatoms. The van der Waals surface area contributed by atoms with Crippen LogP contribution in [0.2, 0.25) is 0 Å². The zero-order chi connectivity index (χ0) is 73.4. The predicted molar refractivity (Wildman–Crippen MR) is 384 cm³/mol. The number of carbonyl (C=O) groups excluding carboxylic acids is 4. The van der Waals surface area contributed by atoms with E-state index in [9.17, 15) is 60.0 Å². The van der Waals surface area contributed by atoms with E-state index >= 15 is 0 Å². The molecule has 4 fully saturated rings. The maximum atomic E-state index is 14.7. The Morgan fingerprint density at radius 1 is 0.290 bits per heavy atom. The smallest absolute Gasteiger partial charge is 0.410 e. The van der Waals surface area contributed by atoms with Gasteiger partial charge in [0.15, 0.2) is 0 Å². The third-order valence-corrected chi connectivity index (χ3v) is 21.3. The zero-order valence-electron chi connectivity index (χ0n) is 62.5. The topological polar surface area (TPSA) is 280 Å². The minimum atomic E-state index is -1.08. The van der Waals surface area contributed by atoms with Crippen molar-refractivity contribution in [1.29, 1.82) is 0 Å². The van der Waals surface area contributed by atoms with Gasteiger partial charge in [0.2, 0.25) is 0 Å². The van der Waals surface area contributed by atoms with E-state index in [2.05, 4.69) is 0 Å². The first-order chi connectivity index (χ1) is 46.7. The quantitative estimate of drug-likeness (QED) is 0.0612. The molecule has 4 aromatic carbocycles. The molecule has 0 aliphatic heterocycles. The van der Waals surface area contributed by atoms with Crippen LogP contribution in [0.3, 0.4) is 0 Å². The van der Waals surface area contributed by atoms with Gasteiger partial charge in [0, 0.05) is 92.3 Å². The van der Waals surface area contributed by atoms with Gasteiger partial charge >= 0.3 is 24.4 Å². The number of rotatable bonds is 12. The van der Waals surface area contributed by atoms with E-state index < -0.39 is 116 Å². The van der Waals surface area contributed by atoms with Crippen molar-refractivity contribution in [1.82, 2.24) is 19.6 Å². The number of nitrogens with zero attached hydrogens (tertiary/aromatic N) is 4. The Kier molecular flexibility index (Phi) is 23.4. The molecule has 5 aliphatic rings. The van der Waals surface area contributed by atoms with E-state index in [1.807, 2.05) is 0 Å². The summed E-state index contributed by atoms with van der Waals surface area (Å²) < 4.78 is 24.4. The molecule has 20 nitrogen and oxygen atoms in total. The highest BCUT2D eigenvalue weighted by atomic mass is 16.6. The number of fused-ring (bicyclic) bond motifs is 8. The van der Waals surface area contributed by atoms with Crippen molar-refractivity contribution < 1.29 is 79.0 Å². The van der Waals surface area contributed by atoms with Crippen LogP contribution in [-0.4, -0.2) is 131 Å². The lowest BCUT2D eigenvalue weighted by atomic mass is 9.78. The Labute approximate surface area is 593 Å². The predicted octanol–water partition coefficient (Wildman–Crippen LogP) is 18.5. The van der Waals surface area contributed by atoms with Gasteiger partial charge in [0.25, 0.3) is 0 Å². The Morgan fingerprint density at radius 3 is 0.560 bits per heavy atom. The summed E-state index contributed by atoms with van der Waals surface area (Å²) in [5.74, 6) is -7.67. The second-order valence-electron chi connectivity index (χ2n) is 33.4. The Hall–Kier alpha value is -7.64. The van der Waals surface area contributed by atoms with Gasteiger partial charge in [-0.25, -0.2) is 19.2 Å². The van der Waals surface area contributed by atoms with Crippen molar-refractivity contribution in [3.8, 4) is 46.0 Å².